The van der Waals surface area contributed by atoms with Crippen LogP contribution in [0.3, 0.4) is 0 Å². The number of nitrogens with zero attached hydrogens (tertiary/aromatic N) is 3. The number of para-hydroxylation sites is 1. The second-order valence-corrected chi connectivity index (χ2v) is 9.34. The summed E-state index contributed by atoms with van der Waals surface area (Å²) in [6.45, 7) is 1.75. The van der Waals surface area contributed by atoms with Crippen LogP contribution in [0.1, 0.15) is 10.4 Å². The van der Waals surface area contributed by atoms with Gasteiger partial charge >= 0.3 is 0 Å². The molecule has 0 aliphatic carbocycles. The summed E-state index contributed by atoms with van der Waals surface area (Å²) < 4.78 is 43.1. The summed E-state index contributed by atoms with van der Waals surface area (Å²) in [5.41, 5.74) is 2.13. The molecule has 1 unspecified atom stereocenters. The molecule has 1 amide bonds. The minimum Gasteiger partial charge on any atom is -0.366 e. The first kappa shape index (κ1) is 22.9. The number of aromatic nitrogens is 1. The number of anilines is 2. The molecule has 5 rings (SSSR count). The molecule has 1 aliphatic rings. The average molecular weight is 493 g/mol. The number of hydrogen-bond acceptors (Lipinski definition) is 4. The van der Waals surface area contributed by atoms with Gasteiger partial charge in [-0.2, -0.15) is 0 Å². The maximum Gasteiger partial charge on any atom is 0.253 e. The fourth-order valence-corrected chi connectivity index (χ4v) is 5.15. The second-order valence-electron chi connectivity index (χ2n) is 8.15. The highest BCUT2D eigenvalue weighted by Gasteiger charge is 2.24. The second kappa shape index (κ2) is 9.79. The summed E-state index contributed by atoms with van der Waals surface area (Å²) >= 11 is 0. The zero-order chi connectivity index (χ0) is 24.4. The molecule has 6 nitrogen and oxygen atoms in total. The topological polar surface area (TPSA) is 65.5 Å². The smallest absolute Gasteiger partial charge is 0.253 e. The predicted octanol–water partition coefficient (Wildman–Crippen LogP) is 4.61. The molecule has 178 valence electrons. The lowest BCUT2D eigenvalue weighted by Crippen LogP contribution is -2.49. The van der Waals surface area contributed by atoms with Crippen LogP contribution < -0.4 is 9.62 Å². The fraction of sp³-hybridized carbons (Fsp3) is 0.154. The van der Waals surface area contributed by atoms with Crippen LogP contribution in [0.4, 0.5) is 20.2 Å². The van der Waals surface area contributed by atoms with Crippen molar-refractivity contribution in [1.82, 2.24) is 9.88 Å². The molecular weight excluding hydrogens is 470 g/mol. The highest BCUT2D eigenvalue weighted by Crippen LogP contribution is 2.23. The summed E-state index contributed by atoms with van der Waals surface area (Å²) in [5, 5.41) is 0.906. The van der Waals surface area contributed by atoms with E-state index in [9.17, 15) is 17.8 Å². The first-order valence-electron chi connectivity index (χ1n) is 11.1. The van der Waals surface area contributed by atoms with E-state index in [-0.39, 0.29) is 5.91 Å². The number of carbonyl (C=O) groups excluding carboxylic acids is 1. The number of rotatable bonds is 5. The molecule has 1 atom stereocenters. The molecule has 1 saturated heterocycles. The molecule has 0 saturated carbocycles. The third kappa shape index (κ3) is 4.85. The number of halogens is 2. The van der Waals surface area contributed by atoms with Crippen molar-refractivity contribution < 1.29 is 17.8 Å². The Balaban J connectivity index is 1.22. The van der Waals surface area contributed by atoms with Crippen LogP contribution in [0.15, 0.2) is 83.9 Å². The first-order chi connectivity index (χ1) is 17.0. The Labute approximate surface area is 203 Å². The van der Waals surface area contributed by atoms with Crippen LogP contribution in [0.2, 0.25) is 0 Å². The molecular formula is C26H22F2N4O2S. The zero-order valence-corrected chi connectivity index (χ0v) is 19.5. The Kier molecular flexibility index (Phi) is 6.41. The SMILES string of the molecule is O=C(c1ccc(NS(=O)c2cccc3cccnc23)cc1)N1CCN(c2ccc(F)cc2F)CC1. The summed E-state index contributed by atoms with van der Waals surface area (Å²) in [6.07, 6.45) is 1.67. The van der Waals surface area contributed by atoms with Crippen molar-refractivity contribution in [2.24, 2.45) is 0 Å². The molecule has 9 heteroatoms. The van der Waals surface area contributed by atoms with Gasteiger partial charge in [-0.05, 0) is 48.5 Å². The van der Waals surface area contributed by atoms with Gasteiger partial charge in [0.25, 0.3) is 5.91 Å². The largest absolute Gasteiger partial charge is 0.366 e. The maximum atomic E-state index is 14.1. The van der Waals surface area contributed by atoms with Crippen LogP contribution in [0, 0.1) is 11.6 Å². The van der Waals surface area contributed by atoms with E-state index in [0.717, 1.165) is 11.5 Å². The lowest BCUT2D eigenvalue weighted by Gasteiger charge is -2.36. The monoisotopic (exact) mass is 492 g/mol. The molecule has 35 heavy (non-hydrogen) atoms. The van der Waals surface area contributed by atoms with Crippen LogP contribution >= 0.6 is 0 Å². The fourth-order valence-electron chi connectivity index (χ4n) is 4.14. The Morgan fingerprint density at radius 1 is 0.914 bits per heavy atom. The van der Waals surface area contributed by atoms with Crippen molar-refractivity contribution in [3.63, 3.8) is 0 Å². The van der Waals surface area contributed by atoms with Crippen LogP contribution in [-0.2, 0) is 11.0 Å². The van der Waals surface area contributed by atoms with Gasteiger partial charge in [-0.1, -0.05) is 18.2 Å². The summed E-state index contributed by atoms with van der Waals surface area (Å²) in [7, 11) is -1.52. The van der Waals surface area contributed by atoms with Gasteiger partial charge in [0, 0.05) is 55.1 Å². The lowest BCUT2D eigenvalue weighted by atomic mass is 10.1. The highest BCUT2D eigenvalue weighted by molar-refractivity contribution is 7.86. The number of nitrogens with one attached hydrogen (secondary N) is 1. The van der Waals surface area contributed by atoms with Crippen molar-refractivity contribution in [2.75, 3.05) is 35.8 Å². The first-order valence-corrected chi connectivity index (χ1v) is 12.3. The molecule has 1 N–H and O–H groups in total. The summed E-state index contributed by atoms with van der Waals surface area (Å²) in [4.78, 5) is 21.4. The van der Waals surface area contributed by atoms with E-state index < -0.39 is 22.6 Å². The number of carbonyl (C=O) groups is 1. The highest BCUT2D eigenvalue weighted by atomic mass is 32.2. The standard InChI is InChI=1S/C26H22F2N4O2S/c27-20-8-11-23(22(28)17-20)31-13-15-32(16-14-31)26(33)19-6-9-21(10-7-19)30-35(34)24-5-1-3-18-4-2-12-29-25(18)24/h1-12,17,30H,13-16H2. The zero-order valence-electron chi connectivity index (χ0n) is 18.7. The molecule has 2 heterocycles. The van der Waals surface area contributed by atoms with Gasteiger partial charge < -0.3 is 14.5 Å². The maximum absolute atomic E-state index is 14.1. The number of fused-ring (bicyclic) bond motifs is 1. The van der Waals surface area contributed by atoms with Crippen molar-refractivity contribution in [3.05, 3.63) is 96.2 Å². The minimum atomic E-state index is -1.52. The molecule has 1 fully saturated rings. The van der Waals surface area contributed by atoms with Crippen LogP contribution in [-0.4, -0.2) is 46.2 Å². The molecule has 4 aromatic rings. The van der Waals surface area contributed by atoms with Gasteiger partial charge in [-0.15, -0.1) is 0 Å². The number of amides is 1. The van der Waals surface area contributed by atoms with Gasteiger partial charge in [-0.25, -0.2) is 13.0 Å². The third-order valence-electron chi connectivity index (χ3n) is 5.96. The Hall–Kier alpha value is -3.85. The quantitative estimate of drug-likeness (QED) is 0.442. The minimum absolute atomic E-state index is 0.129. The van der Waals surface area contributed by atoms with Crippen molar-refractivity contribution in [3.8, 4) is 0 Å². The molecule has 0 bridgehead atoms. The summed E-state index contributed by atoms with van der Waals surface area (Å²) in [6, 6.07) is 19.6. The Bertz CT molecular complexity index is 1400. The normalized spacial score (nSPS) is 14.7. The molecule has 1 aromatic heterocycles. The Morgan fingerprint density at radius 2 is 1.66 bits per heavy atom. The van der Waals surface area contributed by atoms with Crippen LogP contribution in [0.25, 0.3) is 10.9 Å². The lowest BCUT2D eigenvalue weighted by molar-refractivity contribution is 0.0746. The predicted molar refractivity (Wildman–Crippen MR) is 133 cm³/mol. The number of benzene rings is 3. The van der Waals surface area contributed by atoms with E-state index in [2.05, 4.69) is 9.71 Å². The van der Waals surface area contributed by atoms with E-state index in [0.29, 0.717) is 53.5 Å². The van der Waals surface area contributed by atoms with Crippen molar-refractivity contribution in [1.29, 1.82) is 0 Å². The average Bonchev–Trinajstić information content (AvgIpc) is 2.88. The van der Waals surface area contributed by atoms with E-state index in [1.165, 1.54) is 12.1 Å². The summed E-state index contributed by atoms with van der Waals surface area (Å²) in [5.74, 6) is -1.35. The van der Waals surface area contributed by atoms with E-state index in [1.807, 2.05) is 29.2 Å². The van der Waals surface area contributed by atoms with Crippen molar-refractivity contribution in [2.45, 2.75) is 4.90 Å². The molecule has 1 aliphatic heterocycles. The molecule has 0 spiro atoms. The van der Waals surface area contributed by atoms with Gasteiger partial charge in [0.15, 0.2) is 11.0 Å². The van der Waals surface area contributed by atoms with Crippen molar-refractivity contribution >= 4 is 39.2 Å². The Morgan fingerprint density at radius 3 is 2.40 bits per heavy atom. The third-order valence-corrected chi connectivity index (χ3v) is 7.11. The van der Waals surface area contributed by atoms with Gasteiger partial charge in [0.2, 0.25) is 0 Å². The van der Waals surface area contributed by atoms with Crippen LogP contribution in [0.5, 0.6) is 0 Å². The number of hydrogen-bond donors (Lipinski definition) is 1. The number of pyridine rings is 1. The van der Waals surface area contributed by atoms with Gasteiger partial charge in [0.1, 0.15) is 11.6 Å². The molecule has 3 aromatic carbocycles. The van der Waals surface area contributed by atoms with E-state index in [1.54, 1.807) is 41.4 Å². The van der Waals surface area contributed by atoms with E-state index >= 15 is 0 Å². The molecule has 0 radical (unpaired) electrons. The van der Waals surface area contributed by atoms with E-state index in [4.69, 9.17) is 0 Å². The van der Waals surface area contributed by atoms with Gasteiger partial charge in [0.05, 0.1) is 16.1 Å². The number of piperazine rings is 1. The van der Waals surface area contributed by atoms with Gasteiger partial charge in [-0.3, -0.25) is 9.78 Å².